The lowest BCUT2D eigenvalue weighted by molar-refractivity contribution is -0.112. The van der Waals surface area contributed by atoms with Gasteiger partial charge < -0.3 is 5.32 Å². The number of nitrogens with zero attached hydrogens (tertiary/aromatic N) is 1. The van der Waals surface area contributed by atoms with Crippen molar-refractivity contribution in [1.82, 2.24) is 0 Å². The van der Waals surface area contributed by atoms with Crippen LogP contribution in [0, 0.1) is 17.1 Å². The molecule has 0 fully saturated rings. The van der Waals surface area contributed by atoms with Gasteiger partial charge in [-0.05, 0) is 35.9 Å². The smallest absolute Gasteiger partial charge is 0.266 e. The summed E-state index contributed by atoms with van der Waals surface area (Å²) in [5.74, 6) is -1.20. The van der Waals surface area contributed by atoms with Gasteiger partial charge in [0.05, 0.1) is 5.69 Å². The van der Waals surface area contributed by atoms with Crippen LogP contribution >= 0.6 is 15.9 Å². The Morgan fingerprint density at radius 1 is 1.19 bits per heavy atom. The highest BCUT2D eigenvalue weighted by Crippen LogP contribution is 2.16. The SMILES string of the molecule is N#CC(=Cc1ccc(Br)cc1)C(=O)Nc1ccccc1F. The molecule has 3 nitrogen and oxygen atoms in total. The molecular formula is C16H10BrFN2O. The summed E-state index contributed by atoms with van der Waals surface area (Å²) in [5, 5.41) is 11.5. The molecule has 2 rings (SSSR count). The van der Waals surface area contributed by atoms with Crippen molar-refractivity contribution in [1.29, 1.82) is 5.26 Å². The van der Waals surface area contributed by atoms with Gasteiger partial charge in [0.25, 0.3) is 5.91 Å². The molecule has 104 valence electrons. The van der Waals surface area contributed by atoms with Crippen LogP contribution in [0.3, 0.4) is 0 Å². The van der Waals surface area contributed by atoms with Crippen LogP contribution in [0.4, 0.5) is 10.1 Å². The third-order valence-electron chi connectivity index (χ3n) is 2.67. The van der Waals surface area contributed by atoms with Gasteiger partial charge in [-0.15, -0.1) is 0 Å². The Kier molecular flexibility index (Phi) is 4.85. The predicted molar refractivity (Wildman–Crippen MR) is 82.8 cm³/mol. The number of carbonyl (C=O) groups excluding carboxylic acids is 1. The number of amides is 1. The van der Waals surface area contributed by atoms with Crippen LogP contribution in [0.15, 0.2) is 58.6 Å². The van der Waals surface area contributed by atoms with Crippen LogP contribution < -0.4 is 5.32 Å². The molecule has 0 heterocycles. The maximum Gasteiger partial charge on any atom is 0.266 e. The number of carbonyl (C=O) groups is 1. The van der Waals surface area contributed by atoms with E-state index in [-0.39, 0.29) is 11.3 Å². The Labute approximate surface area is 129 Å². The zero-order chi connectivity index (χ0) is 15.2. The monoisotopic (exact) mass is 344 g/mol. The van der Waals surface area contributed by atoms with Gasteiger partial charge in [0.15, 0.2) is 0 Å². The van der Waals surface area contributed by atoms with Crippen molar-refractivity contribution in [2.75, 3.05) is 5.32 Å². The average Bonchev–Trinajstić information content (AvgIpc) is 2.49. The molecule has 0 aliphatic carbocycles. The number of anilines is 1. The van der Waals surface area contributed by atoms with Gasteiger partial charge in [-0.3, -0.25) is 4.79 Å². The van der Waals surface area contributed by atoms with Crippen molar-refractivity contribution in [3.8, 4) is 6.07 Å². The molecule has 0 radical (unpaired) electrons. The first kappa shape index (κ1) is 14.9. The first-order valence-corrected chi connectivity index (χ1v) is 6.82. The second kappa shape index (κ2) is 6.82. The molecule has 0 aromatic heterocycles. The summed E-state index contributed by atoms with van der Waals surface area (Å²) in [6, 6.07) is 14.7. The van der Waals surface area contributed by atoms with E-state index in [1.165, 1.54) is 24.3 Å². The van der Waals surface area contributed by atoms with E-state index in [0.717, 1.165) is 4.47 Å². The Bertz CT molecular complexity index is 733. The van der Waals surface area contributed by atoms with Gasteiger partial charge in [0.1, 0.15) is 17.5 Å². The molecule has 0 saturated heterocycles. The standard InChI is InChI=1S/C16H10BrFN2O/c17-13-7-5-11(6-8-13)9-12(10-19)16(21)20-15-4-2-1-3-14(15)18/h1-9H,(H,20,21). The first-order chi connectivity index (χ1) is 10.1. The molecule has 0 atom stereocenters. The van der Waals surface area contributed by atoms with Crippen molar-refractivity contribution in [3.63, 3.8) is 0 Å². The highest BCUT2D eigenvalue weighted by atomic mass is 79.9. The number of nitriles is 1. The maximum absolute atomic E-state index is 13.5. The summed E-state index contributed by atoms with van der Waals surface area (Å²) in [7, 11) is 0. The first-order valence-electron chi connectivity index (χ1n) is 6.03. The van der Waals surface area contributed by atoms with Gasteiger partial charge in [-0.2, -0.15) is 5.26 Å². The van der Waals surface area contributed by atoms with Crippen LogP contribution in [0.25, 0.3) is 6.08 Å². The van der Waals surface area contributed by atoms with Crippen LogP contribution in [0.2, 0.25) is 0 Å². The zero-order valence-electron chi connectivity index (χ0n) is 10.8. The van der Waals surface area contributed by atoms with Gasteiger partial charge in [0, 0.05) is 4.47 Å². The minimum atomic E-state index is -0.648. The fourth-order valence-electron chi connectivity index (χ4n) is 1.63. The van der Waals surface area contributed by atoms with E-state index in [9.17, 15) is 9.18 Å². The van der Waals surface area contributed by atoms with Gasteiger partial charge in [-0.25, -0.2) is 4.39 Å². The molecule has 0 bridgehead atoms. The molecule has 1 N–H and O–H groups in total. The Hall–Kier alpha value is -2.45. The van der Waals surface area contributed by atoms with E-state index in [2.05, 4.69) is 21.2 Å². The second-order valence-electron chi connectivity index (χ2n) is 4.16. The van der Waals surface area contributed by atoms with Crippen molar-refractivity contribution >= 4 is 33.6 Å². The molecule has 5 heteroatoms. The maximum atomic E-state index is 13.5. The number of para-hydroxylation sites is 1. The van der Waals surface area contributed by atoms with E-state index < -0.39 is 11.7 Å². The topological polar surface area (TPSA) is 52.9 Å². The molecular weight excluding hydrogens is 335 g/mol. The summed E-state index contributed by atoms with van der Waals surface area (Å²) < 4.78 is 14.4. The largest absolute Gasteiger partial charge is 0.319 e. The van der Waals surface area contributed by atoms with Crippen LogP contribution in [0.5, 0.6) is 0 Å². The number of halogens is 2. The summed E-state index contributed by atoms with van der Waals surface area (Å²) in [6.07, 6.45) is 1.45. The molecule has 21 heavy (non-hydrogen) atoms. The third-order valence-corrected chi connectivity index (χ3v) is 3.20. The van der Waals surface area contributed by atoms with Gasteiger partial charge >= 0.3 is 0 Å². The van der Waals surface area contributed by atoms with Crippen LogP contribution in [0.1, 0.15) is 5.56 Å². The number of rotatable bonds is 3. The Balaban J connectivity index is 2.21. The van der Waals surface area contributed by atoms with Crippen molar-refractivity contribution in [2.24, 2.45) is 0 Å². The molecule has 1 amide bonds. The van der Waals surface area contributed by atoms with Crippen molar-refractivity contribution in [2.45, 2.75) is 0 Å². The minimum absolute atomic E-state index is 0.0412. The van der Waals surface area contributed by atoms with Crippen molar-refractivity contribution < 1.29 is 9.18 Å². The highest BCUT2D eigenvalue weighted by molar-refractivity contribution is 9.10. The van der Waals surface area contributed by atoms with E-state index in [4.69, 9.17) is 5.26 Å². The highest BCUT2D eigenvalue weighted by Gasteiger charge is 2.11. The van der Waals surface area contributed by atoms with Crippen LogP contribution in [-0.2, 0) is 4.79 Å². The van der Waals surface area contributed by atoms with Crippen LogP contribution in [-0.4, -0.2) is 5.91 Å². The van der Waals surface area contributed by atoms with Crippen molar-refractivity contribution in [3.05, 3.63) is 70.0 Å². The lowest BCUT2D eigenvalue weighted by Crippen LogP contribution is -2.14. The fraction of sp³-hybridized carbons (Fsp3) is 0. The summed E-state index contributed by atoms with van der Waals surface area (Å²) in [4.78, 5) is 12.0. The van der Waals surface area contributed by atoms with Gasteiger partial charge in [0.2, 0.25) is 0 Å². The van der Waals surface area contributed by atoms with E-state index in [0.29, 0.717) is 5.56 Å². The average molecular weight is 345 g/mol. The fourth-order valence-corrected chi connectivity index (χ4v) is 1.89. The summed E-state index contributed by atoms with van der Waals surface area (Å²) in [5.41, 5.74) is 0.651. The molecule has 0 aliphatic heterocycles. The number of nitrogens with one attached hydrogen (secondary N) is 1. The van der Waals surface area contributed by atoms with E-state index >= 15 is 0 Å². The quantitative estimate of drug-likeness (QED) is 0.672. The zero-order valence-corrected chi connectivity index (χ0v) is 12.4. The molecule has 2 aromatic carbocycles. The predicted octanol–water partition coefficient (Wildman–Crippen LogP) is 4.13. The minimum Gasteiger partial charge on any atom is -0.319 e. The normalized spacial score (nSPS) is 10.8. The Morgan fingerprint density at radius 3 is 2.48 bits per heavy atom. The van der Waals surface area contributed by atoms with E-state index in [1.54, 1.807) is 30.3 Å². The third kappa shape index (κ3) is 4.01. The molecule has 0 unspecified atom stereocenters. The lowest BCUT2D eigenvalue weighted by atomic mass is 10.1. The second-order valence-corrected chi connectivity index (χ2v) is 5.07. The molecule has 2 aromatic rings. The summed E-state index contributed by atoms with van der Waals surface area (Å²) in [6.45, 7) is 0. The molecule has 0 saturated carbocycles. The molecule has 0 aliphatic rings. The number of benzene rings is 2. The lowest BCUT2D eigenvalue weighted by Gasteiger charge is -2.05. The number of hydrogen-bond acceptors (Lipinski definition) is 2. The summed E-state index contributed by atoms with van der Waals surface area (Å²) >= 11 is 3.30. The van der Waals surface area contributed by atoms with E-state index in [1.807, 2.05) is 6.07 Å². The number of hydrogen-bond donors (Lipinski definition) is 1. The molecule has 0 spiro atoms. The Morgan fingerprint density at radius 2 is 1.86 bits per heavy atom. The van der Waals surface area contributed by atoms with Gasteiger partial charge in [-0.1, -0.05) is 40.2 Å².